The van der Waals surface area contributed by atoms with E-state index in [1.54, 1.807) is 0 Å². The van der Waals surface area contributed by atoms with Crippen LogP contribution in [0.25, 0.3) is 0 Å². The van der Waals surface area contributed by atoms with Gasteiger partial charge in [-0.05, 0) is 116 Å². The first-order chi connectivity index (χ1) is 23.2. The quantitative estimate of drug-likeness (QED) is 0.148. The van der Waals surface area contributed by atoms with E-state index < -0.39 is 58.1 Å². The molecule has 0 aliphatic heterocycles. The highest BCUT2D eigenvalue weighted by molar-refractivity contribution is 5.95. The number of carbonyl (C=O) groups is 1. The second-order valence-corrected chi connectivity index (χ2v) is 19.5. The first kappa shape index (κ1) is 36.1. The van der Waals surface area contributed by atoms with Gasteiger partial charge < -0.3 is 25.5 Å². The minimum absolute atomic E-state index is 0.0246. The monoisotopic (exact) mass is 678 g/mol. The number of ketones is 1. The number of unbranched alkanes of at least 4 members (excludes halogenated alkanes) is 3. The molecule has 5 saturated carbocycles. The van der Waals surface area contributed by atoms with E-state index in [-0.39, 0.29) is 34.4 Å². The van der Waals surface area contributed by atoms with E-state index in [4.69, 9.17) is 0 Å². The third kappa shape index (κ3) is 4.60. The van der Waals surface area contributed by atoms with Gasteiger partial charge in [0.25, 0.3) is 0 Å². The normalized spacial score (nSPS) is 50.4. The fraction of sp³-hybridized carbons (Fsp3) is 0.884. The summed E-state index contributed by atoms with van der Waals surface area (Å²) in [4.78, 5) is 15.4. The van der Waals surface area contributed by atoms with Crippen LogP contribution in [0.3, 0.4) is 0 Å². The van der Waals surface area contributed by atoms with Crippen molar-refractivity contribution in [2.45, 2.75) is 175 Å². The Hall–Kier alpha value is -1.23. The largest absolute Gasteiger partial charge is 0.394 e. The van der Waals surface area contributed by atoms with Gasteiger partial charge in [-0.25, -0.2) is 0 Å². The molecule has 0 saturated heterocycles. The van der Waals surface area contributed by atoms with E-state index in [0.29, 0.717) is 12.8 Å². The van der Waals surface area contributed by atoms with E-state index in [1.165, 1.54) is 5.57 Å². The van der Waals surface area contributed by atoms with E-state index >= 15 is 4.79 Å². The molecule has 0 aromatic heterocycles. The van der Waals surface area contributed by atoms with Gasteiger partial charge in [0.1, 0.15) is 6.10 Å². The van der Waals surface area contributed by atoms with Crippen LogP contribution in [0.5, 0.6) is 0 Å². The van der Waals surface area contributed by atoms with Crippen molar-refractivity contribution in [2.24, 2.45) is 55.7 Å². The minimum Gasteiger partial charge on any atom is -0.394 e. The van der Waals surface area contributed by atoms with Gasteiger partial charge in [0.15, 0.2) is 5.78 Å². The molecule has 0 aromatic rings. The predicted molar refractivity (Wildman–Crippen MR) is 191 cm³/mol. The van der Waals surface area contributed by atoms with Gasteiger partial charge in [0.2, 0.25) is 0 Å². The van der Waals surface area contributed by atoms with E-state index in [1.807, 2.05) is 13.0 Å². The van der Waals surface area contributed by atoms with E-state index in [2.05, 4.69) is 39.5 Å². The van der Waals surface area contributed by atoms with Crippen LogP contribution in [0.4, 0.5) is 0 Å². The number of rotatable bonds is 7. The molecule has 0 aromatic carbocycles. The van der Waals surface area contributed by atoms with Crippen molar-refractivity contribution >= 4 is 5.78 Å². The summed E-state index contributed by atoms with van der Waals surface area (Å²) in [6, 6.07) is 0. The molecule has 274 valence electrons. The Balaban J connectivity index is 1.41. The molecule has 0 amide bonds. The Labute approximate surface area is 295 Å². The Bertz CT molecular complexity index is 1400. The summed E-state index contributed by atoms with van der Waals surface area (Å²) in [7, 11) is 0. The number of hydrogen-bond donors (Lipinski definition) is 5. The van der Waals surface area contributed by atoms with Gasteiger partial charge in [-0.2, -0.15) is 0 Å². The van der Waals surface area contributed by atoms with Crippen LogP contribution < -0.4 is 0 Å². The van der Waals surface area contributed by atoms with Crippen LogP contribution in [0.2, 0.25) is 0 Å². The summed E-state index contributed by atoms with van der Waals surface area (Å²) in [5.74, 6) is 6.29. The number of carbonyl (C=O) groups excluding carboxylic acids is 1. The molecule has 2 spiro atoms. The summed E-state index contributed by atoms with van der Waals surface area (Å²) in [6.45, 7) is 10.9. The Morgan fingerprint density at radius 3 is 2.35 bits per heavy atom. The molecule has 13 atom stereocenters. The standard InChI is InChI=1S/C43H66O6/c1-6-7-8-10-20-42-22-16-32(46)40(5,35(49)26-44)31(42)15-21-38(3)36(42)30(45)23-28-29-24-37(2)17-11-9-14-33(47)43(29,34(48)25-39(28,38)4)41(27-37)18-12-13-19-41/h23,29,31-36,44,46-49H,6-8,10-13,15-22,24-27H2,1-5H3/t29-,31-,32+,33-,34+,35-,36+,37-,38-,39-,40+,42+,43-/m1/s1. The van der Waals surface area contributed by atoms with Crippen molar-refractivity contribution in [3.05, 3.63) is 11.6 Å². The van der Waals surface area contributed by atoms with Gasteiger partial charge in [0, 0.05) is 23.2 Å². The summed E-state index contributed by atoms with van der Waals surface area (Å²) in [6.07, 6.45) is 14.9. The van der Waals surface area contributed by atoms with Crippen molar-refractivity contribution in [1.82, 2.24) is 0 Å². The smallest absolute Gasteiger partial charge is 0.159 e. The lowest BCUT2D eigenvalue weighted by Gasteiger charge is -2.74. The van der Waals surface area contributed by atoms with Crippen molar-refractivity contribution in [1.29, 1.82) is 0 Å². The summed E-state index contributed by atoms with van der Waals surface area (Å²) in [5.41, 5.74) is -2.02. The summed E-state index contributed by atoms with van der Waals surface area (Å²) >= 11 is 0. The maximum absolute atomic E-state index is 15.4. The average molecular weight is 679 g/mol. The fourth-order valence-corrected chi connectivity index (χ4v) is 15.4. The number of aliphatic hydroxyl groups excluding tert-OH is 5. The first-order valence-corrected chi connectivity index (χ1v) is 20.2. The number of allylic oxidation sites excluding steroid dienone is 2. The molecule has 6 heteroatoms. The highest BCUT2D eigenvalue weighted by Crippen LogP contribution is 2.80. The molecule has 0 radical (unpaired) electrons. The lowest BCUT2D eigenvalue weighted by molar-refractivity contribution is -0.262. The first-order valence-electron chi connectivity index (χ1n) is 20.2. The SMILES string of the molecule is CCCCCC[C@]12CC[C@H](O)[C@@](C)([C@H](O)CO)[C@H]1CC[C@]1(C)[C@@H]2C(=O)C=C2[C@H]3C[C@@]4(C)CCC#C[C@@H](O)[C@]3([C@@H](O)C[C@]21C)C1(CCCC1)C4. The maximum Gasteiger partial charge on any atom is 0.159 e. The zero-order valence-electron chi connectivity index (χ0n) is 31.2. The second kappa shape index (κ2) is 12.2. The van der Waals surface area contributed by atoms with Crippen LogP contribution in [0.15, 0.2) is 11.6 Å². The Kier molecular flexibility index (Phi) is 8.97. The van der Waals surface area contributed by atoms with Gasteiger partial charge in [-0.3, -0.25) is 4.79 Å². The number of hydrogen-bond acceptors (Lipinski definition) is 6. The Morgan fingerprint density at radius 1 is 0.918 bits per heavy atom. The summed E-state index contributed by atoms with van der Waals surface area (Å²) < 4.78 is 0. The van der Waals surface area contributed by atoms with Crippen molar-refractivity contribution in [3.63, 3.8) is 0 Å². The number of fused-ring (bicyclic) bond motifs is 8. The van der Waals surface area contributed by atoms with Crippen molar-refractivity contribution in [3.8, 4) is 11.8 Å². The molecule has 8 aliphatic rings. The molecule has 6 nitrogen and oxygen atoms in total. The lowest BCUT2D eigenvalue weighted by Crippen LogP contribution is -2.73. The van der Waals surface area contributed by atoms with Crippen LogP contribution in [-0.4, -0.2) is 62.3 Å². The topological polar surface area (TPSA) is 118 Å². The molecule has 0 heterocycles. The van der Waals surface area contributed by atoms with Crippen molar-refractivity contribution < 1.29 is 30.3 Å². The molecular weight excluding hydrogens is 612 g/mol. The highest BCUT2D eigenvalue weighted by atomic mass is 16.3. The third-order valence-corrected chi connectivity index (χ3v) is 17.7. The predicted octanol–water partition coefficient (Wildman–Crippen LogP) is 6.89. The van der Waals surface area contributed by atoms with Gasteiger partial charge >= 0.3 is 0 Å². The number of aliphatic hydroxyl groups is 5. The van der Waals surface area contributed by atoms with E-state index in [9.17, 15) is 25.5 Å². The van der Waals surface area contributed by atoms with Crippen LogP contribution in [0.1, 0.15) is 150 Å². The molecular formula is C43H66O6. The molecule has 0 unspecified atom stereocenters. The van der Waals surface area contributed by atoms with Crippen LogP contribution in [0, 0.1) is 67.5 Å². The lowest BCUT2D eigenvalue weighted by atomic mass is 9.30. The molecule has 8 aliphatic carbocycles. The van der Waals surface area contributed by atoms with E-state index in [0.717, 1.165) is 103 Å². The van der Waals surface area contributed by atoms with Gasteiger partial charge in [-0.15, -0.1) is 5.92 Å². The summed E-state index contributed by atoms with van der Waals surface area (Å²) in [5, 5.41) is 58.5. The minimum atomic E-state index is -1.07. The molecule has 8 rings (SSSR count). The Morgan fingerprint density at radius 2 is 1.65 bits per heavy atom. The molecule has 2 bridgehead atoms. The average Bonchev–Trinajstić information content (AvgIpc) is 3.54. The fourth-order valence-electron chi connectivity index (χ4n) is 15.4. The molecule has 5 N–H and O–H groups in total. The zero-order chi connectivity index (χ0) is 35.3. The van der Waals surface area contributed by atoms with Gasteiger partial charge in [0.05, 0.1) is 24.9 Å². The van der Waals surface area contributed by atoms with Crippen molar-refractivity contribution in [2.75, 3.05) is 6.61 Å². The zero-order valence-corrected chi connectivity index (χ0v) is 31.2. The third-order valence-electron chi connectivity index (χ3n) is 17.7. The second-order valence-electron chi connectivity index (χ2n) is 19.5. The molecule has 49 heavy (non-hydrogen) atoms. The van der Waals surface area contributed by atoms with Crippen LogP contribution >= 0.6 is 0 Å². The molecule has 5 fully saturated rings. The highest BCUT2D eigenvalue weighted by Gasteiger charge is 2.77. The maximum atomic E-state index is 15.4. The van der Waals surface area contributed by atoms with Gasteiger partial charge in [-0.1, -0.05) is 84.6 Å². The van der Waals surface area contributed by atoms with Crippen LogP contribution in [-0.2, 0) is 4.79 Å².